The minimum absolute atomic E-state index is 0.0296. The van der Waals surface area contributed by atoms with Gasteiger partial charge in [0.1, 0.15) is 17.7 Å². The number of pyridine rings is 1. The number of likely N-dealkylation sites (N-methyl/N-ethyl adjacent to an activating group) is 1. The molecule has 0 spiro atoms. The zero-order valence-electron chi connectivity index (χ0n) is 18.9. The van der Waals surface area contributed by atoms with Crippen LogP contribution in [0.25, 0.3) is 0 Å². The highest BCUT2D eigenvalue weighted by molar-refractivity contribution is 7.10. The van der Waals surface area contributed by atoms with Gasteiger partial charge in [0.2, 0.25) is 0 Å². The van der Waals surface area contributed by atoms with E-state index in [1.54, 1.807) is 11.3 Å². The van der Waals surface area contributed by atoms with Crippen molar-refractivity contribution >= 4 is 23.1 Å². The van der Waals surface area contributed by atoms with Crippen molar-refractivity contribution in [3.05, 3.63) is 75.6 Å². The number of rotatable bonds is 8. The number of hydrogen-bond acceptors (Lipinski definition) is 6. The maximum atomic E-state index is 13.2. The Morgan fingerprint density at radius 2 is 1.97 bits per heavy atom. The summed E-state index contributed by atoms with van der Waals surface area (Å²) < 4.78 is 6.29. The lowest BCUT2D eigenvalue weighted by molar-refractivity contribution is 0.0754. The Morgan fingerprint density at radius 3 is 2.69 bits per heavy atom. The van der Waals surface area contributed by atoms with E-state index in [0.29, 0.717) is 18.7 Å². The monoisotopic (exact) mass is 450 g/mol. The first-order chi connectivity index (χ1) is 15.5. The Balaban J connectivity index is 1.45. The summed E-state index contributed by atoms with van der Waals surface area (Å²) in [5, 5.41) is 5.28. The number of carbonyl (C=O) groups excluding carboxylic acids is 1. The van der Waals surface area contributed by atoms with E-state index >= 15 is 0 Å². The second kappa shape index (κ2) is 10.1. The third-order valence-electron chi connectivity index (χ3n) is 5.69. The van der Waals surface area contributed by atoms with Crippen molar-refractivity contribution in [1.29, 1.82) is 0 Å². The van der Waals surface area contributed by atoms with Crippen LogP contribution in [-0.2, 0) is 6.54 Å². The normalized spacial score (nSPS) is 14.8. The molecule has 0 unspecified atom stereocenters. The van der Waals surface area contributed by atoms with Gasteiger partial charge in [0, 0.05) is 43.7 Å². The van der Waals surface area contributed by atoms with Crippen LogP contribution < -0.4 is 15.0 Å². The van der Waals surface area contributed by atoms with Crippen molar-refractivity contribution in [1.82, 2.24) is 15.2 Å². The van der Waals surface area contributed by atoms with E-state index < -0.39 is 0 Å². The molecule has 3 aromatic rings. The summed E-state index contributed by atoms with van der Waals surface area (Å²) in [5.41, 5.74) is 2.67. The lowest BCUT2D eigenvalue weighted by Crippen LogP contribution is -2.33. The summed E-state index contributed by atoms with van der Waals surface area (Å²) in [6.45, 7) is 4.82. The van der Waals surface area contributed by atoms with Gasteiger partial charge in [-0.1, -0.05) is 18.2 Å². The smallest absolute Gasteiger partial charge is 0.257 e. The number of nitrogens with one attached hydrogen (secondary N) is 1. The van der Waals surface area contributed by atoms with Gasteiger partial charge in [0.05, 0.1) is 5.56 Å². The fraction of sp³-hybridized carbons (Fsp3) is 0.360. The van der Waals surface area contributed by atoms with Gasteiger partial charge < -0.3 is 19.9 Å². The fourth-order valence-corrected chi connectivity index (χ4v) is 4.66. The van der Waals surface area contributed by atoms with Gasteiger partial charge in [-0.2, -0.15) is 0 Å². The van der Waals surface area contributed by atoms with Gasteiger partial charge in [-0.3, -0.25) is 4.79 Å². The van der Waals surface area contributed by atoms with E-state index in [4.69, 9.17) is 4.74 Å². The van der Waals surface area contributed by atoms with E-state index in [-0.39, 0.29) is 12.0 Å². The molecule has 1 N–H and O–H groups in total. The lowest BCUT2D eigenvalue weighted by atomic mass is 10.1. The van der Waals surface area contributed by atoms with Crippen LogP contribution in [0.2, 0.25) is 0 Å². The molecular formula is C25H30N4O2S. The van der Waals surface area contributed by atoms with E-state index in [0.717, 1.165) is 42.3 Å². The fourth-order valence-electron chi connectivity index (χ4n) is 3.87. The number of amides is 1. The molecule has 1 amide bonds. The van der Waals surface area contributed by atoms with E-state index in [1.165, 1.54) is 4.88 Å². The van der Waals surface area contributed by atoms with Crippen molar-refractivity contribution in [2.45, 2.75) is 26.0 Å². The first kappa shape index (κ1) is 22.3. The zero-order chi connectivity index (χ0) is 22.5. The molecule has 4 rings (SSSR count). The standard InChI is InChI=1S/C25H30N4O2S/c1-18-6-11-21-24(27-18)28(3)14-15-29(25(21)30)17-19-7-9-20(10-8-19)31-22(12-13-26-2)23-5-4-16-32-23/h4-11,16,22,26H,12-15,17H2,1-3H3/t22-/m0/s1. The largest absolute Gasteiger partial charge is 0.485 e. The highest BCUT2D eigenvalue weighted by Crippen LogP contribution is 2.29. The van der Waals surface area contributed by atoms with E-state index in [9.17, 15) is 4.79 Å². The van der Waals surface area contributed by atoms with Gasteiger partial charge >= 0.3 is 0 Å². The Hall–Kier alpha value is -2.90. The summed E-state index contributed by atoms with van der Waals surface area (Å²) >= 11 is 1.72. The van der Waals surface area contributed by atoms with Gasteiger partial charge in [-0.05, 0) is 61.8 Å². The minimum Gasteiger partial charge on any atom is -0.485 e. The molecule has 2 aromatic heterocycles. The molecule has 1 aliphatic rings. The SMILES string of the molecule is CNCC[C@H](Oc1ccc(CN2CCN(C)c3nc(C)ccc3C2=O)cc1)c1cccs1. The first-order valence-corrected chi connectivity index (χ1v) is 11.8. The first-order valence-electron chi connectivity index (χ1n) is 11.0. The lowest BCUT2D eigenvalue weighted by Gasteiger charge is -2.22. The van der Waals surface area contributed by atoms with Crippen LogP contribution in [-0.4, -0.2) is 49.5 Å². The maximum absolute atomic E-state index is 13.2. The average molecular weight is 451 g/mol. The minimum atomic E-state index is 0.0296. The molecule has 3 heterocycles. The predicted molar refractivity (Wildman–Crippen MR) is 130 cm³/mol. The number of nitrogens with zero attached hydrogens (tertiary/aromatic N) is 3. The van der Waals surface area contributed by atoms with Crippen LogP contribution in [0.1, 0.15) is 39.0 Å². The predicted octanol–water partition coefficient (Wildman–Crippen LogP) is 4.27. The Bertz CT molecular complexity index is 1040. The quantitative estimate of drug-likeness (QED) is 0.555. The number of anilines is 1. The van der Waals surface area contributed by atoms with Gasteiger partial charge in [-0.15, -0.1) is 11.3 Å². The van der Waals surface area contributed by atoms with Crippen LogP contribution in [0.5, 0.6) is 5.75 Å². The van der Waals surface area contributed by atoms with Crippen molar-refractivity contribution in [3.63, 3.8) is 0 Å². The molecule has 6 nitrogen and oxygen atoms in total. The molecule has 7 heteroatoms. The average Bonchev–Trinajstić information content (AvgIpc) is 3.31. The number of thiophene rings is 1. The molecule has 1 atom stereocenters. The molecule has 0 aliphatic carbocycles. The molecule has 168 valence electrons. The van der Waals surface area contributed by atoms with Crippen LogP contribution >= 0.6 is 11.3 Å². The number of benzene rings is 1. The van der Waals surface area contributed by atoms with Crippen LogP contribution in [0, 0.1) is 6.92 Å². The van der Waals surface area contributed by atoms with Crippen molar-refractivity contribution < 1.29 is 9.53 Å². The number of aryl methyl sites for hydroxylation is 1. The van der Waals surface area contributed by atoms with Crippen LogP contribution in [0.4, 0.5) is 5.82 Å². The molecule has 0 radical (unpaired) electrons. The van der Waals surface area contributed by atoms with Crippen molar-refractivity contribution in [3.8, 4) is 5.75 Å². The summed E-state index contributed by atoms with van der Waals surface area (Å²) in [7, 11) is 3.95. The van der Waals surface area contributed by atoms with Crippen LogP contribution in [0.3, 0.4) is 0 Å². The molecular weight excluding hydrogens is 420 g/mol. The Morgan fingerprint density at radius 1 is 1.16 bits per heavy atom. The number of ether oxygens (including phenoxy) is 1. The van der Waals surface area contributed by atoms with Gasteiger partial charge in [0.15, 0.2) is 0 Å². The Labute approximate surface area is 193 Å². The van der Waals surface area contributed by atoms with Crippen molar-refractivity contribution in [2.75, 3.05) is 38.6 Å². The molecule has 32 heavy (non-hydrogen) atoms. The summed E-state index contributed by atoms with van der Waals surface area (Å²) in [6, 6.07) is 16.1. The molecule has 0 saturated carbocycles. The number of fused-ring (bicyclic) bond motifs is 1. The number of hydrogen-bond donors (Lipinski definition) is 1. The molecule has 0 fully saturated rings. The summed E-state index contributed by atoms with van der Waals surface area (Å²) in [4.78, 5) is 22.9. The maximum Gasteiger partial charge on any atom is 0.257 e. The summed E-state index contributed by atoms with van der Waals surface area (Å²) in [5.74, 6) is 1.64. The second-order valence-electron chi connectivity index (χ2n) is 8.13. The molecule has 1 aliphatic heterocycles. The number of aromatic nitrogens is 1. The van der Waals surface area contributed by atoms with E-state index in [2.05, 4.69) is 44.8 Å². The van der Waals surface area contributed by atoms with E-state index in [1.807, 2.05) is 50.2 Å². The van der Waals surface area contributed by atoms with Crippen LogP contribution in [0.15, 0.2) is 53.9 Å². The highest BCUT2D eigenvalue weighted by atomic mass is 32.1. The third kappa shape index (κ3) is 5.11. The van der Waals surface area contributed by atoms with Crippen molar-refractivity contribution in [2.24, 2.45) is 0 Å². The summed E-state index contributed by atoms with van der Waals surface area (Å²) in [6.07, 6.45) is 0.935. The molecule has 0 saturated heterocycles. The highest BCUT2D eigenvalue weighted by Gasteiger charge is 2.26. The number of carbonyl (C=O) groups is 1. The third-order valence-corrected chi connectivity index (χ3v) is 6.66. The van der Waals surface area contributed by atoms with Gasteiger partial charge in [-0.25, -0.2) is 4.98 Å². The zero-order valence-corrected chi connectivity index (χ0v) is 19.7. The molecule has 0 bridgehead atoms. The Kier molecular flexibility index (Phi) is 7.07. The topological polar surface area (TPSA) is 57.7 Å². The second-order valence-corrected chi connectivity index (χ2v) is 9.11. The molecule has 1 aromatic carbocycles. The van der Waals surface area contributed by atoms with Gasteiger partial charge in [0.25, 0.3) is 5.91 Å².